The Hall–Kier alpha value is -1.50. The number of rotatable bonds is 5. The van der Waals surface area contributed by atoms with Gasteiger partial charge in [0.2, 0.25) is 16.5 Å². The highest BCUT2D eigenvalue weighted by Crippen LogP contribution is 2.13. The Bertz CT molecular complexity index is 325. The molecule has 6 nitrogen and oxygen atoms in total. The van der Waals surface area contributed by atoms with Crippen LogP contribution < -0.4 is 10.6 Å². The van der Waals surface area contributed by atoms with Crippen LogP contribution in [0.15, 0.2) is 0 Å². The number of aromatic nitrogens is 2. The first-order chi connectivity index (χ1) is 6.77. The molecule has 0 saturated carbocycles. The van der Waals surface area contributed by atoms with Crippen LogP contribution in [0, 0.1) is 0 Å². The molecule has 1 aromatic heterocycles. The van der Waals surface area contributed by atoms with Crippen molar-refractivity contribution in [2.45, 2.75) is 13.3 Å². The number of hydrogen-bond donors (Lipinski definition) is 2. The van der Waals surface area contributed by atoms with Crippen LogP contribution in [0.4, 0.5) is 5.13 Å². The Labute approximate surface area is 84.7 Å². The summed E-state index contributed by atoms with van der Waals surface area (Å²) in [5.41, 5.74) is 0. The molecule has 0 fully saturated rings. The molecule has 76 valence electrons. The van der Waals surface area contributed by atoms with E-state index in [0.717, 1.165) is 17.8 Å². The molecule has 0 spiro atoms. The van der Waals surface area contributed by atoms with Gasteiger partial charge in [-0.15, -0.1) is 10.2 Å². The Morgan fingerprint density at radius 1 is 1.57 bits per heavy atom. The zero-order valence-corrected chi connectivity index (χ0v) is 8.43. The third kappa shape index (κ3) is 2.77. The van der Waals surface area contributed by atoms with Crippen molar-refractivity contribution >= 4 is 28.8 Å². The zero-order chi connectivity index (χ0) is 10.4. The van der Waals surface area contributed by atoms with E-state index in [1.807, 2.05) is 6.92 Å². The monoisotopic (exact) mass is 214 g/mol. The fourth-order valence-corrected chi connectivity index (χ4v) is 1.36. The highest BCUT2D eigenvalue weighted by molar-refractivity contribution is 7.17. The molecular weight excluding hydrogens is 204 g/mol. The smallest absolute Gasteiger partial charge is 0.282 e. The summed E-state index contributed by atoms with van der Waals surface area (Å²) in [6, 6.07) is 0. The molecule has 2 N–H and O–H groups in total. The molecule has 0 unspecified atom stereocenters. The van der Waals surface area contributed by atoms with Gasteiger partial charge >= 0.3 is 0 Å². The van der Waals surface area contributed by atoms with Crippen molar-refractivity contribution in [3.8, 4) is 0 Å². The highest BCUT2D eigenvalue weighted by atomic mass is 32.1. The maximum Gasteiger partial charge on any atom is 0.282 e. The SMILES string of the molecule is CCCNC(=O)c1nnc(NC=O)s1. The summed E-state index contributed by atoms with van der Waals surface area (Å²) >= 11 is 1.04. The minimum atomic E-state index is -0.261. The highest BCUT2D eigenvalue weighted by Gasteiger charge is 2.11. The van der Waals surface area contributed by atoms with Crippen LogP contribution in [0.25, 0.3) is 0 Å². The van der Waals surface area contributed by atoms with Crippen LogP contribution in [-0.4, -0.2) is 29.1 Å². The number of amides is 2. The van der Waals surface area contributed by atoms with Gasteiger partial charge in [0.05, 0.1) is 0 Å². The van der Waals surface area contributed by atoms with Gasteiger partial charge < -0.3 is 10.6 Å². The van der Waals surface area contributed by atoms with Gasteiger partial charge in [-0.2, -0.15) is 0 Å². The van der Waals surface area contributed by atoms with E-state index >= 15 is 0 Å². The van der Waals surface area contributed by atoms with Gasteiger partial charge in [0.15, 0.2) is 0 Å². The van der Waals surface area contributed by atoms with Gasteiger partial charge in [0.25, 0.3) is 5.91 Å². The van der Waals surface area contributed by atoms with E-state index < -0.39 is 0 Å². The summed E-state index contributed by atoms with van der Waals surface area (Å²) in [6.45, 7) is 2.56. The van der Waals surface area contributed by atoms with Crippen molar-refractivity contribution in [1.82, 2.24) is 15.5 Å². The first kappa shape index (κ1) is 10.6. The van der Waals surface area contributed by atoms with E-state index in [1.165, 1.54) is 0 Å². The maximum absolute atomic E-state index is 11.3. The third-order valence-electron chi connectivity index (χ3n) is 1.34. The molecule has 0 radical (unpaired) electrons. The van der Waals surface area contributed by atoms with Crippen LogP contribution in [0.3, 0.4) is 0 Å². The van der Waals surface area contributed by atoms with E-state index in [1.54, 1.807) is 0 Å². The summed E-state index contributed by atoms with van der Waals surface area (Å²) in [6.07, 6.45) is 1.36. The second kappa shape index (κ2) is 5.28. The van der Waals surface area contributed by atoms with Crippen LogP contribution >= 0.6 is 11.3 Å². The van der Waals surface area contributed by atoms with Gasteiger partial charge in [0, 0.05) is 6.54 Å². The van der Waals surface area contributed by atoms with Crippen molar-refractivity contribution in [3.63, 3.8) is 0 Å². The number of nitrogens with zero attached hydrogens (tertiary/aromatic N) is 2. The van der Waals surface area contributed by atoms with Gasteiger partial charge in [0.1, 0.15) is 0 Å². The lowest BCUT2D eigenvalue weighted by atomic mass is 10.5. The quantitative estimate of drug-likeness (QED) is 0.688. The average Bonchev–Trinajstić information content (AvgIpc) is 2.63. The molecule has 0 atom stereocenters. The molecule has 14 heavy (non-hydrogen) atoms. The number of hydrogen-bond acceptors (Lipinski definition) is 5. The fourth-order valence-electron chi connectivity index (χ4n) is 0.738. The molecule has 0 aromatic carbocycles. The molecule has 0 bridgehead atoms. The third-order valence-corrected chi connectivity index (χ3v) is 2.19. The largest absolute Gasteiger partial charge is 0.350 e. The van der Waals surface area contributed by atoms with Crippen LogP contribution in [0.1, 0.15) is 23.1 Å². The van der Waals surface area contributed by atoms with Gasteiger partial charge in [-0.25, -0.2) is 0 Å². The summed E-state index contributed by atoms with van der Waals surface area (Å²) in [5, 5.41) is 12.8. The molecule has 0 aliphatic rings. The molecular formula is C7H10N4O2S. The van der Waals surface area contributed by atoms with Crippen molar-refractivity contribution in [3.05, 3.63) is 5.01 Å². The van der Waals surface area contributed by atoms with Crippen LogP contribution in [0.5, 0.6) is 0 Å². The molecule has 0 saturated heterocycles. The molecule has 1 rings (SSSR count). The zero-order valence-electron chi connectivity index (χ0n) is 7.61. The summed E-state index contributed by atoms with van der Waals surface area (Å²) in [7, 11) is 0. The lowest BCUT2D eigenvalue weighted by molar-refractivity contribution is -0.105. The molecule has 1 aromatic rings. The van der Waals surface area contributed by atoms with E-state index in [4.69, 9.17) is 0 Å². The first-order valence-electron chi connectivity index (χ1n) is 4.09. The summed E-state index contributed by atoms with van der Waals surface area (Å²) < 4.78 is 0. The number of anilines is 1. The predicted molar refractivity (Wildman–Crippen MR) is 52.2 cm³/mol. The summed E-state index contributed by atoms with van der Waals surface area (Å²) in [4.78, 5) is 21.4. The maximum atomic E-state index is 11.3. The second-order valence-electron chi connectivity index (χ2n) is 2.43. The lowest BCUT2D eigenvalue weighted by Gasteiger charge is -1.97. The van der Waals surface area contributed by atoms with E-state index in [9.17, 15) is 9.59 Å². The first-order valence-corrected chi connectivity index (χ1v) is 4.91. The predicted octanol–water partition coefficient (Wildman–Crippen LogP) is 0.246. The van der Waals surface area contributed by atoms with Crippen molar-refractivity contribution < 1.29 is 9.59 Å². The fraction of sp³-hybridized carbons (Fsp3) is 0.429. The Kier molecular flexibility index (Phi) is 3.99. The van der Waals surface area contributed by atoms with Gasteiger partial charge in [-0.1, -0.05) is 18.3 Å². The topological polar surface area (TPSA) is 84.0 Å². The molecule has 2 amide bonds. The lowest BCUT2D eigenvalue weighted by Crippen LogP contribution is -2.23. The van der Waals surface area contributed by atoms with E-state index in [0.29, 0.717) is 18.1 Å². The number of carbonyl (C=O) groups is 2. The normalized spacial score (nSPS) is 9.50. The Morgan fingerprint density at radius 2 is 2.36 bits per heavy atom. The molecule has 7 heteroatoms. The van der Waals surface area contributed by atoms with Crippen molar-refractivity contribution in [1.29, 1.82) is 0 Å². The average molecular weight is 214 g/mol. The second-order valence-corrected chi connectivity index (χ2v) is 3.41. The molecule has 0 aliphatic carbocycles. The molecule has 0 aliphatic heterocycles. The Balaban J connectivity index is 2.57. The van der Waals surface area contributed by atoms with Crippen LogP contribution in [-0.2, 0) is 4.79 Å². The summed E-state index contributed by atoms with van der Waals surface area (Å²) in [5.74, 6) is -0.261. The number of nitrogens with one attached hydrogen (secondary N) is 2. The molecule has 1 heterocycles. The Morgan fingerprint density at radius 3 is 3.00 bits per heavy atom. The van der Waals surface area contributed by atoms with Crippen molar-refractivity contribution in [2.24, 2.45) is 0 Å². The van der Waals surface area contributed by atoms with Crippen molar-refractivity contribution in [2.75, 3.05) is 11.9 Å². The minimum absolute atomic E-state index is 0.253. The number of carbonyl (C=O) groups excluding carboxylic acids is 2. The van der Waals surface area contributed by atoms with E-state index in [2.05, 4.69) is 20.8 Å². The minimum Gasteiger partial charge on any atom is -0.350 e. The van der Waals surface area contributed by atoms with E-state index in [-0.39, 0.29) is 10.9 Å². The van der Waals surface area contributed by atoms with Gasteiger partial charge in [-0.05, 0) is 6.42 Å². The van der Waals surface area contributed by atoms with Crippen LogP contribution in [0.2, 0.25) is 0 Å². The van der Waals surface area contributed by atoms with Gasteiger partial charge in [-0.3, -0.25) is 9.59 Å². The standard InChI is InChI=1S/C7H10N4O2S/c1-2-3-8-5(13)6-10-11-7(14-6)9-4-12/h4H,2-3H2,1H3,(H,8,13)(H,9,11,12).